The van der Waals surface area contributed by atoms with Gasteiger partial charge in [-0.15, -0.1) is 0 Å². The van der Waals surface area contributed by atoms with E-state index in [4.69, 9.17) is 15.2 Å². The molecule has 1 aliphatic heterocycles. The zero-order valence-electron chi connectivity index (χ0n) is 26.8. The Morgan fingerprint density at radius 1 is 1.06 bits per heavy atom. The van der Waals surface area contributed by atoms with Crippen LogP contribution in [0, 0.1) is 24.5 Å². The Balaban J connectivity index is 1.21. The van der Waals surface area contributed by atoms with Crippen molar-refractivity contribution < 1.29 is 40.2 Å². The number of hydrogen-bond donors (Lipinski definition) is 1. The third-order valence-electron chi connectivity index (χ3n) is 8.80. The number of carbonyl (C=O) groups is 1. The highest BCUT2D eigenvalue weighted by atomic mass is 32.2. The summed E-state index contributed by atoms with van der Waals surface area (Å²) in [5.41, 5.74) is 9.31. The van der Waals surface area contributed by atoms with Crippen molar-refractivity contribution in [2.24, 2.45) is 5.92 Å². The van der Waals surface area contributed by atoms with E-state index in [1.165, 1.54) is 41.0 Å². The summed E-state index contributed by atoms with van der Waals surface area (Å²) < 4.78 is 93.2. The van der Waals surface area contributed by atoms with E-state index in [-0.39, 0.29) is 46.7 Å². The molecule has 0 atom stereocenters. The molecule has 1 aliphatic carbocycles. The number of fused-ring (bicyclic) bond motifs is 1. The van der Waals surface area contributed by atoms with Crippen LogP contribution in [0.3, 0.4) is 0 Å². The largest absolute Gasteiger partial charge is 0.487 e. The van der Waals surface area contributed by atoms with Crippen LogP contribution in [0.15, 0.2) is 60.3 Å². The van der Waals surface area contributed by atoms with Crippen molar-refractivity contribution in [1.29, 1.82) is 0 Å². The number of aryl methyl sites for hydroxylation is 1. The molecule has 2 heterocycles. The fraction of sp³-hybridized carbons (Fsp3) is 0.314. The van der Waals surface area contributed by atoms with Crippen molar-refractivity contribution in [3.63, 3.8) is 0 Å². The smallest absolute Gasteiger partial charge is 0.272 e. The minimum Gasteiger partial charge on any atom is -0.487 e. The summed E-state index contributed by atoms with van der Waals surface area (Å²) in [5, 5.41) is 4.20. The second-order valence-corrected chi connectivity index (χ2v) is 14.3. The molecule has 0 unspecified atom stereocenters. The van der Waals surface area contributed by atoms with E-state index in [9.17, 15) is 26.4 Å². The fourth-order valence-electron chi connectivity index (χ4n) is 6.34. The number of anilines is 1. The van der Waals surface area contributed by atoms with Gasteiger partial charge in [0.15, 0.2) is 23.2 Å². The summed E-state index contributed by atoms with van der Waals surface area (Å²) in [7, 11) is -3.29. The van der Waals surface area contributed by atoms with Gasteiger partial charge in [0.05, 0.1) is 18.0 Å². The molecule has 2 N–H and O–H groups in total. The number of benzene rings is 3. The van der Waals surface area contributed by atoms with E-state index in [0.717, 1.165) is 16.3 Å². The van der Waals surface area contributed by atoms with Crippen LogP contribution in [0.5, 0.6) is 17.2 Å². The summed E-state index contributed by atoms with van der Waals surface area (Å²) in [6, 6.07) is 11.8. The Kier molecular flexibility index (Phi) is 9.54. The maximum absolute atomic E-state index is 15.4. The lowest BCUT2D eigenvalue weighted by Crippen LogP contribution is -2.38. The molecule has 0 saturated carbocycles. The topological polar surface area (TPSA) is 117 Å². The van der Waals surface area contributed by atoms with Gasteiger partial charge < -0.3 is 15.2 Å². The highest BCUT2D eigenvalue weighted by Crippen LogP contribution is 2.37. The number of para-hydroxylation sites is 1. The fourth-order valence-corrected chi connectivity index (χ4v) is 7.22. The number of halogens is 4. The highest BCUT2D eigenvalue weighted by molar-refractivity contribution is 7.88. The molecule has 0 spiro atoms. The molecule has 2 aliphatic rings. The molecule has 9 nitrogen and oxygen atoms in total. The minimum atomic E-state index is -3.29. The van der Waals surface area contributed by atoms with E-state index < -0.39 is 40.5 Å². The molecule has 0 amide bonds. The van der Waals surface area contributed by atoms with Gasteiger partial charge in [0.25, 0.3) is 6.43 Å². The van der Waals surface area contributed by atoms with Gasteiger partial charge in [-0.25, -0.2) is 35.0 Å². The molecule has 1 fully saturated rings. The van der Waals surface area contributed by atoms with E-state index in [0.29, 0.717) is 54.6 Å². The molecular formula is C35H34F4N4O5S. The number of alkyl halides is 2. The molecule has 4 aromatic rings. The minimum absolute atomic E-state index is 0.00560. The van der Waals surface area contributed by atoms with Crippen LogP contribution in [0.1, 0.15) is 45.5 Å². The first-order valence-electron chi connectivity index (χ1n) is 15.6. The average Bonchev–Trinajstić information content (AvgIpc) is 3.63. The number of nitrogen functional groups attached to an aromatic ring is 1. The van der Waals surface area contributed by atoms with E-state index in [1.54, 1.807) is 25.1 Å². The molecule has 1 aromatic heterocycles. The number of sulfonamides is 1. The number of carbonyl (C=O) groups excluding carboxylic acids is 1. The zero-order valence-corrected chi connectivity index (χ0v) is 27.6. The number of ether oxygens (including phenoxy) is 2. The molecular weight excluding hydrogens is 664 g/mol. The third kappa shape index (κ3) is 7.35. The van der Waals surface area contributed by atoms with Crippen LogP contribution in [0.2, 0.25) is 0 Å². The predicted molar refractivity (Wildman–Crippen MR) is 176 cm³/mol. The number of allylic oxidation sites excluding steroid dienone is 1. The standard InChI is InChI=1S/C35H34F4N4O5S/c1-20-11-26(48-30-6-4-3-5-28(30)36)17-29(37)33(20)43-35(40)27(18-41-43)34(44)25-14-22-13-24(31(16-23(22)15-25)47-19-32(38)39)12-21-7-9-42(10-8-21)49(2,45)46/h3-6,11,13,15-18,21,32H,7-10,12,14,19,40H2,1-2H3. The number of nitrogens with two attached hydrogens (primary N) is 1. The molecule has 49 heavy (non-hydrogen) atoms. The summed E-state index contributed by atoms with van der Waals surface area (Å²) in [5.74, 6) is -1.47. The lowest BCUT2D eigenvalue weighted by Gasteiger charge is -2.30. The third-order valence-corrected chi connectivity index (χ3v) is 10.1. The van der Waals surface area contributed by atoms with Crippen LogP contribution in [-0.2, 0) is 22.9 Å². The number of rotatable bonds is 11. The first-order valence-corrected chi connectivity index (χ1v) is 17.5. The van der Waals surface area contributed by atoms with Gasteiger partial charge in [-0.3, -0.25) is 4.79 Å². The Labute approximate surface area is 281 Å². The van der Waals surface area contributed by atoms with Crippen molar-refractivity contribution >= 4 is 27.7 Å². The maximum Gasteiger partial charge on any atom is 0.272 e. The number of nitrogens with zero attached hydrogens (tertiary/aromatic N) is 3. The predicted octanol–water partition coefficient (Wildman–Crippen LogP) is 6.51. The van der Waals surface area contributed by atoms with Crippen molar-refractivity contribution in [3.05, 3.63) is 99.8 Å². The maximum atomic E-state index is 15.4. The highest BCUT2D eigenvalue weighted by Gasteiger charge is 2.29. The van der Waals surface area contributed by atoms with Gasteiger partial charge >= 0.3 is 0 Å². The Hall–Kier alpha value is -4.69. The average molecular weight is 699 g/mol. The molecule has 0 radical (unpaired) electrons. The molecule has 6 rings (SSSR count). The van der Waals surface area contributed by atoms with Crippen LogP contribution in [0.4, 0.5) is 23.4 Å². The number of hydrogen-bond acceptors (Lipinski definition) is 7. The lowest BCUT2D eigenvalue weighted by atomic mass is 9.89. The summed E-state index contributed by atoms with van der Waals surface area (Å²) >= 11 is 0. The van der Waals surface area contributed by atoms with E-state index in [2.05, 4.69) is 5.10 Å². The Bertz CT molecular complexity index is 2030. The normalized spacial score (nSPS) is 15.4. The van der Waals surface area contributed by atoms with Crippen molar-refractivity contribution in [2.75, 3.05) is 31.7 Å². The van der Waals surface area contributed by atoms with Crippen LogP contribution >= 0.6 is 0 Å². The number of Topliss-reactive ketones (excluding diaryl/α,β-unsaturated/α-hetero) is 1. The van der Waals surface area contributed by atoms with Gasteiger partial charge in [-0.05, 0) is 84.7 Å². The number of ketones is 1. The summed E-state index contributed by atoms with van der Waals surface area (Å²) in [6.45, 7) is 1.57. The van der Waals surface area contributed by atoms with E-state index in [1.807, 2.05) is 6.07 Å². The monoisotopic (exact) mass is 698 g/mol. The van der Waals surface area contributed by atoms with E-state index >= 15 is 4.39 Å². The summed E-state index contributed by atoms with van der Waals surface area (Å²) in [4.78, 5) is 13.7. The Morgan fingerprint density at radius 2 is 1.80 bits per heavy atom. The second kappa shape index (κ2) is 13.7. The zero-order chi connectivity index (χ0) is 35.0. The lowest BCUT2D eigenvalue weighted by molar-refractivity contribution is 0.0812. The molecule has 258 valence electrons. The van der Waals surface area contributed by atoms with Gasteiger partial charge in [-0.1, -0.05) is 18.2 Å². The van der Waals surface area contributed by atoms with Crippen LogP contribution in [-0.4, -0.2) is 60.7 Å². The first-order chi connectivity index (χ1) is 23.3. The molecule has 0 bridgehead atoms. The number of piperidine rings is 1. The van der Waals surface area contributed by atoms with Gasteiger partial charge in [-0.2, -0.15) is 5.10 Å². The van der Waals surface area contributed by atoms with Crippen molar-refractivity contribution in [1.82, 2.24) is 14.1 Å². The number of aromatic nitrogens is 2. The van der Waals surface area contributed by atoms with Gasteiger partial charge in [0.2, 0.25) is 10.0 Å². The SMILES string of the molecule is Cc1cc(Oc2ccccc2F)cc(F)c1-n1ncc(C(=O)C2=Cc3cc(OCC(F)F)c(CC4CCN(S(C)(=O)=O)CC4)cc3C2)c1N. The second-order valence-electron chi connectivity index (χ2n) is 12.3. The molecule has 3 aromatic carbocycles. The quantitative estimate of drug-likeness (QED) is 0.140. The summed E-state index contributed by atoms with van der Waals surface area (Å²) in [6.07, 6.45) is 3.38. The van der Waals surface area contributed by atoms with Crippen LogP contribution < -0.4 is 15.2 Å². The van der Waals surface area contributed by atoms with Crippen LogP contribution in [0.25, 0.3) is 11.8 Å². The van der Waals surface area contributed by atoms with Crippen molar-refractivity contribution in [2.45, 2.75) is 39.0 Å². The Morgan fingerprint density at radius 3 is 2.47 bits per heavy atom. The first kappa shape index (κ1) is 34.2. The van der Waals surface area contributed by atoms with Gasteiger partial charge in [0, 0.05) is 31.1 Å². The molecule has 14 heteroatoms. The van der Waals surface area contributed by atoms with Gasteiger partial charge in [0.1, 0.15) is 29.6 Å². The van der Waals surface area contributed by atoms with Crippen molar-refractivity contribution in [3.8, 4) is 22.9 Å². The molecule has 1 saturated heterocycles.